The van der Waals surface area contributed by atoms with Crippen LogP contribution in [0, 0.1) is 5.92 Å². The average molecular weight is 334 g/mol. The van der Waals surface area contributed by atoms with Gasteiger partial charge in [0.25, 0.3) is 0 Å². The van der Waals surface area contributed by atoms with Gasteiger partial charge in [-0.15, -0.1) is 0 Å². The van der Waals surface area contributed by atoms with E-state index < -0.39 is 0 Å². The zero-order valence-corrected chi connectivity index (χ0v) is 12.5. The maximum atomic E-state index is 3.64. The molecule has 1 aromatic rings. The molecule has 0 heterocycles. The first kappa shape index (κ1) is 13.2. The fourth-order valence-electron chi connectivity index (χ4n) is 1.97. The molecule has 0 N–H and O–H groups in total. The summed E-state index contributed by atoms with van der Waals surface area (Å²) in [6, 6.07) is 8.55. The Bertz CT molecular complexity index is 296. The van der Waals surface area contributed by atoms with Crippen LogP contribution in [0.25, 0.3) is 0 Å². The van der Waals surface area contributed by atoms with E-state index in [4.69, 9.17) is 0 Å². The molecule has 1 aromatic carbocycles. The number of halogens is 2. The summed E-state index contributed by atoms with van der Waals surface area (Å²) in [5.41, 5.74) is 1.43. The number of rotatable bonds is 5. The highest BCUT2D eigenvalue weighted by Crippen LogP contribution is 2.33. The topological polar surface area (TPSA) is 0 Å². The van der Waals surface area contributed by atoms with Gasteiger partial charge in [0.05, 0.1) is 0 Å². The average Bonchev–Trinajstić information content (AvgIpc) is 2.22. The van der Waals surface area contributed by atoms with Crippen molar-refractivity contribution in [2.24, 2.45) is 5.92 Å². The van der Waals surface area contributed by atoms with Crippen molar-refractivity contribution in [2.45, 2.75) is 32.6 Å². The molecule has 15 heavy (non-hydrogen) atoms. The maximum Gasteiger partial charge on any atom is 0.0210 e. The van der Waals surface area contributed by atoms with E-state index in [1.807, 2.05) is 0 Å². The second-order valence-electron chi connectivity index (χ2n) is 4.05. The summed E-state index contributed by atoms with van der Waals surface area (Å²) in [4.78, 5) is 0. The van der Waals surface area contributed by atoms with Crippen LogP contribution in [-0.4, -0.2) is 5.33 Å². The van der Waals surface area contributed by atoms with Crippen molar-refractivity contribution in [3.8, 4) is 0 Å². The predicted octanol–water partition coefficient (Wildman–Crippen LogP) is 5.36. The minimum absolute atomic E-state index is 0.612. The normalized spacial score (nSPS) is 14.9. The highest BCUT2D eigenvalue weighted by molar-refractivity contribution is 9.10. The van der Waals surface area contributed by atoms with Crippen LogP contribution in [0.5, 0.6) is 0 Å². The van der Waals surface area contributed by atoms with Crippen molar-refractivity contribution in [2.75, 3.05) is 5.33 Å². The molecule has 0 radical (unpaired) electrons. The van der Waals surface area contributed by atoms with Crippen molar-refractivity contribution in [3.63, 3.8) is 0 Å². The summed E-state index contributed by atoms with van der Waals surface area (Å²) < 4.78 is 1.23. The van der Waals surface area contributed by atoms with Gasteiger partial charge in [0.1, 0.15) is 0 Å². The lowest BCUT2D eigenvalue weighted by Crippen LogP contribution is -2.11. The third-order valence-corrected chi connectivity index (χ3v) is 4.32. The smallest absolute Gasteiger partial charge is 0.0210 e. The van der Waals surface area contributed by atoms with E-state index in [2.05, 4.69) is 70.0 Å². The van der Waals surface area contributed by atoms with E-state index in [1.54, 1.807) is 0 Å². The molecular weight excluding hydrogens is 316 g/mol. The van der Waals surface area contributed by atoms with Gasteiger partial charge in [-0.3, -0.25) is 0 Å². The SMILES string of the molecule is CCCC(C)C(CBr)c1ccccc1Br. The summed E-state index contributed by atoms with van der Waals surface area (Å²) in [5.74, 6) is 1.34. The zero-order chi connectivity index (χ0) is 11.3. The molecule has 0 nitrogen and oxygen atoms in total. The van der Waals surface area contributed by atoms with Crippen molar-refractivity contribution < 1.29 is 0 Å². The molecule has 0 aromatic heterocycles. The first-order valence-corrected chi connectivity index (χ1v) is 7.42. The fraction of sp³-hybridized carbons (Fsp3) is 0.538. The van der Waals surface area contributed by atoms with E-state index in [0.29, 0.717) is 5.92 Å². The Labute approximate surface area is 110 Å². The van der Waals surface area contributed by atoms with E-state index in [-0.39, 0.29) is 0 Å². The van der Waals surface area contributed by atoms with Crippen LogP contribution >= 0.6 is 31.9 Å². The van der Waals surface area contributed by atoms with E-state index in [0.717, 1.165) is 11.2 Å². The van der Waals surface area contributed by atoms with Crippen LogP contribution in [0.3, 0.4) is 0 Å². The molecule has 1 rings (SSSR count). The zero-order valence-electron chi connectivity index (χ0n) is 9.34. The van der Waals surface area contributed by atoms with Crippen molar-refractivity contribution >= 4 is 31.9 Å². The minimum Gasteiger partial charge on any atom is -0.0921 e. The third-order valence-electron chi connectivity index (χ3n) is 2.90. The molecule has 84 valence electrons. The first-order chi connectivity index (χ1) is 7.20. The maximum absolute atomic E-state index is 3.64. The van der Waals surface area contributed by atoms with Gasteiger partial charge in [0.15, 0.2) is 0 Å². The van der Waals surface area contributed by atoms with Gasteiger partial charge in [0.2, 0.25) is 0 Å². The molecule has 2 unspecified atom stereocenters. The lowest BCUT2D eigenvalue weighted by atomic mass is 9.86. The van der Waals surface area contributed by atoms with Crippen LogP contribution in [-0.2, 0) is 0 Å². The van der Waals surface area contributed by atoms with Crippen molar-refractivity contribution in [1.82, 2.24) is 0 Å². The number of hydrogen-bond donors (Lipinski definition) is 0. The second-order valence-corrected chi connectivity index (χ2v) is 5.55. The highest BCUT2D eigenvalue weighted by atomic mass is 79.9. The Hall–Kier alpha value is 0.180. The lowest BCUT2D eigenvalue weighted by molar-refractivity contribution is 0.453. The molecule has 0 aliphatic heterocycles. The van der Waals surface area contributed by atoms with Gasteiger partial charge >= 0.3 is 0 Å². The molecule has 0 aliphatic rings. The predicted molar refractivity (Wildman–Crippen MR) is 74.7 cm³/mol. The molecule has 2 atom stereocenters. The van der Waals surface area contributed by atoms with Gasteiger partial charge in [-0.1, -0.05) is 76.7 Å². The Morgan fingerprint density at radius 2 is 1.93 bits per heavy atom. The monoisotopic (exact) mass is 332 g/mol. The summed E-state index contributed by atoms with van der Waals surface area (Å²) >= 11 is 7.27. The molecule has 0 saturated heterocycles. The Morgan fingerprint density at radius 1 is 1.27 bits per heavy atom. The molecule has 0 fully saturated rings. The molecule has 0 aliphatic carbocycles. The molecule has 0 amide bonds. The highest BCUT2D eigenvalue weighted by Gasteiger charge is 2.19. The Kier molecular flexibility index (Phi) is 5.91. The number of alkyl halides is 1. The minimum atomic E-state index is 0.612. The lowest BCUT2D eigenvalue weighted by Gasteiger charge is -2.23. The third kappa shape index (κ3) is 3.60. The quantitative estimate of drug-likeness (QED) is 0.636. The van der Waals surface area contributed by atoms with Gasteiger partial charge in [-0.2, -0.15) is 0 Å². The number of benzene rings is 1. The summed E-state index contributed by atoms with van der Waals surface area (Å²) in [6.07, 6.45) is 2.55. The molecule has 0 spiro atoms. The van der Waals surface area contributed by atoms with Crippen LogP contribution < -0.4 is 0 Å². The number of hydrogen-bond acceptors (Lipinski definition) is 0. The van der Waals surface area contributed by atoms with Crippen molar-refractivity contribution in [3.05, 3.63) is 34.3 Å². The van der Waals surface area contributed by atoms with Crippen molar-refractivity contribution in [1.29, 1.82) is 0 Å². The van der Waals surface area contributed by atoms with Crippen LogP contribution in [0.15, 0.2) is 28.7 Å². The second kappa shape index (κ2) is 6.70. The van der Waals surface area contributed by atoms with E-state index in [1.165, 1.54) is 22.9 Å². The van der Waals surface area contributed by atoms with Gasteiger partial charge in [-0.25, -0.2) is 0 Å². The van der Waals surface area contributed by atoms with Gasteiger partial charge in [0, 0.05) is 9.80 Å². The van der Waals surface area contributed by atoms with Gasteiger partial charge in [-0.05, 0) is 23.5 Å². The molecule has 0 saturated carbocycles. The van der Waals surface area contributed by atoms with Gasteiger partial charge < -0.3 is 0 Å². The largest absolute Gasteiger partial charge is 0.0921 e. The summed E-state index contributed by atoms with van der Waals surface area (Å²) in [6.45, 7) is 4.59. The van der Waals surface area contributed by atoms with E-state index >= 15 is 0 Å². The summed E-state index contributed by atoms with van der Waals surface area (Å²) in [5, 5.41) is 1.04. The summed E-state index contributed by atoms with van der Waals surface area (Å²) in [7, 11) is 0. The fourth-order valence-corrected chi connectivity index (χ4v) is 3.54. The standard InChI is InChI=1S/C13H18Br2/c1-3-6-10(2)12(9-14)11-7-4-5-8-13(11)15/h4-5,7-8,10,12H,3,6,9H2,1-2H3. The van der Waals surface area contributed by atoms with Crippen LogP contribution in [0.4, 0.5) is 0 Å². The van der Waals surface area contributed by atoms with Crippen LogP contribution in [0.2, 0.25) is 0 Å². The molecule has 0 bridgehead atoms. The van der Waals surface area contributed by atoms with E-state index in [9.17, 15) is 0 Å². The molecular formula is C13H18Br2. The molecule has 2 heteroatoms. The first-order valence-electron chi connectivity index (χ1n) is 5.51. The van der Waals surface area contributed by atoms with Crippen LogP contribution in [0.1, 0.15) is 38.2 Å². The Balaban J connectivity index is 2.87. The Morgan fingerprint density at radius 3 is 2.47 bits per heavy atom.